The lowest BCUT2D eigenvalue weighted by Gasteiger charge is -2.01. The van der Waals surface area contributed by atoms with Crippen molar-refractivity contribution in [3.05, 3.63) is 31.2 Å². The monoisotopic (exact) mass is 296 g/mol. The Morgan fingerprint density at radius 1 is 1.62 bits per heavy atom. The van der Waals surface area contributed by atoms with E-state index in [2.05, 4.69) is 0 Å². The van der Waals surface area contributed by atoms with Gasteiger partial charge in [0.2, 0.25) is 0 Å². The fourth-order valence-electron chi connectivity index (χ4n) is 0.802. The van der Waals surface area contributed by atoms with Gasteiger partial charge in [-0.1, -0.05) is 0 Å². The van der Waals surface area contributed by atoms with Crippen molar-refractivity contribution in [3.63, 3.8) is 0 Å². The van der Waals surface area contributed by atoms with Crippen LogP contribution >= 0.6 is 22.6 Å². The Labute approximate surface area is 85.5 Å². The summed E-state index contributed by atoms with van der Waals surface area (Å²) in [6, 6.07) is 2.88. The molecule has 0 aromatic carbocycles. The third-order valence-electron chi connectivity index (χ3n) is 1.36. The molecule has 0 atom stereocenters. The zero-order valence-electron chi connectivity index (χ0n) is 6.14. The van der Waals surface area contributed by atoms with Crippen molar-refractivity contribution in [2.24, 2.45) is 0 Å². The molecule has 0 spiro atoms. The fraction of sp³-hybridized carbons (Fsp3) is 0.143. The molecule has 1 aromatic rings. The highest BCUT2D eigenvalue weighted by atomic mass is 127. The van der Waals surface area contributed by atoms with E-state index < -0.39 is 17.5 Å². The van der Waals surface area contributed by atoms with Gasteiger partial charge in [0.25, 0.3) is 12.0 Å². The standard InChI is InChI=1S/C7H3F2IN2O/c8-6(9)5-4(10)1-3(2-11)12-7(5)13/h1,6H,(H,12,13). The first-order valence-electron chi connectivity index (χ1n) is 3.17. The van der Waals surface area contributed by atoms with E-state index in [1.54, 1.807) is 28.7 Å². The molecule has 1 aromatic heterocycles. The highest BCUT2D eigenvalue weighted by Gasteiger charge is 2.16. The first kappa shape index (κ1) is 10.1. The Kier molecular flexibility index (Phi) is 2.98. The van der Waals surface area contributed by atoms with E-state index in [0.717, 1.165) is 0 Å². The number of aromatic nitrogens is 1. The molecule has 0 aliphatic rings. The van der Waals surface area contributed by atoms with E-state index in [0.29, 0.717) is 0 Å². The van der Waals surface area contributed by atoms with Gasteiger partial charge in [-0.25, -0.2) is 8.78 Å². The van der Waals surface area contributed by atoms with E-state index in [1.807, 2.05) is 4.98 Å². The van der Waals surface area contributed by atoms with E-state index in [9.17, 15) is 13.6 Å². The van der Waals surface area contributed by atoms with Crippen LogP contribution in [0.1, 0.15) is 17.7 Å². The molecule has 0 amide bonds. The van der Waals surface area contributed by atoms with Crippen LogP contribution in [0.25, 0.3) is 0 Å². The minimum absolute atomic E-state index is 0.0150. The molecule has 1 rings (SSSR count). The van der Waals surface area contributed by atoms with Crippen molar-refractivity contribution >= 4 is 22.6 Å². The van der Waals surface area contributed by atoms with Crippen molar-refractivity contribution in [2.45, 2.75) is 6.43 Å². The Balaban J connectivity index is 3.43. The molecule has 0 aliphatic carbocycles. The molecule has 0 saturated heterocycles. The zero-order valence-corrected chi connectivity index (χ0v) is 8.30. The summed E-state index contributed by atoms with van der Waals surface area (Å²) in [7, 11) is 0. The summed E-state index contributed by atoms with van der Waals surface area (Å²) in [6.45, 7) is 0. The Bertz CT molecular complexity index is 421. The average Bonchev–Trinajstić information content (AvgIpc) is 2.02. The van der Waals surface area contributed by atoms with E-state index >= 15 is 0 Å². The topological polar surface area (TPSA) is 56.6 Å². The van der Waals surface area contributed by atoms with Crippen LogP contribution in [-0.4, -0.2) is 4.98 Å². The lowest BCUT2D eigenvalue weighted by molar-refractivity contribution is 0.148. The number of hydrogen-bond acceptors (Lipinski definition) is 2. The van der Waals surface area contributed by atoms with Crippen molar-refractivity contribution < 1.29 is 8.78 Å². The average molecular weight is 296 g/mol. The van der Waals surface area contributed by atoms with Gasteiger partial charge in [0.05, 0.1) is 5.56 Å². The first-order valence-corrected chi connectivity index (χ1v) is 4.25. The molecule has 1 heterocycles. The van der Waals surface area contributed by atoms with Crippen molar-refractivity contribution in [1.29, 1.82) is 5.26 Å². The minimum atomic E-state index is -2.82. The molecular formula is C7H3F2IN2O. The maximum Gasteiger partial charge on any atom is 0.270 e. The van der Waals surface area contributed by atoms with Crippen LogP contribution in [0.2, 0.25) is 0 Å². The minimum Gasteiger partial charge on any atom is -0.313 e. The fourth-order valence-corrected chi connectivity index (χ4v) is 1.59. The molecule has 1 N–H and O–H groups in total. The van der Waals surface area contributed by atoms with Crippen LogP contribution in [0.15, 0.2) is 10.9 Å². The second-order valence-electron chi connectivity index (χ2n) is 2.19. The zero-order chi connectivity index (χ0) is 10.0. The summed E-state index contributed by atoms with van der Waals surface area (Å²) in [4.78, 5) is 13.0. The quantitative estimate of drug-likeness (QED) is 0.803. The van der Waals surface area contributed by atoms with Crippen LogP contribution < -0.4 is 5.56 Å². The maximum absolute atomic E-state index is 12.2. The molecule has 0 fully saturated rings. The van der Waals surface area contributed by atoms with Crippen LogP contribution in [-0.2, 0) is 0 Å². The van der Waals surface area contributed by atoms with Crippen LogP contribution in [0.4, 0.5) is 8.78 Å². The number of nitrogens with zero attached hydrogens (tertiary/aromatic N) is 1. The third kappa shape index (κ3) is 2.03. The molecule has 6 heteroatoms. The first-order chi connectivity index (χ1) is 6.06. The normalized spacial score (nSPS) is 10.1. The van der Waals surface area contributed by atoms with Gasteiger partial charge in [-0.2, -0.15) is 5.26 Å². The summed E-state index contributed by atoms with van der Waals surface area (Å²) in [5.74, 6) is 0. The Morgan fingerprint density at radius 2 is 2.23 bits per heavy atom. The second-order valence-corrected chi connectivity index (χ2v) is 3.35. The smallest absolute Gasteiger partial charge is 0.270 e. The van der Waals surface area contributed by atoms with E-state index in [-0.39, 0.29) is 9.26 Å². The SMILES string of the molecule is N#Cc1cc(I)c(C(F)F)c(=O)[nH]1. The van der Waals surface area contributed by atoms with Crippen LogP contribution in [0.3, 0.4) is 0 Å². The predicted molar refractivity (Wildman–Crippen MR) is 49.5 cm³/mol. The number of hydrogen-bond donors (Lipinski definition) is 1. The van der Waals surface area contributed by atoms with E-state index in [4.69, 9.17) is 5.26 Å². The van der Waals surface area contributed by atoms with Crippen molar-refractivity contribution in [1.82, 2.24) is 4.98 Å². The Hall–Kier alpha value is -0.970. The van der Waals surface area contributed by atoms with Gasteiger partial charge in [-0.15, -0.1) is 0 Å². The molecule has 3 nitrogen and oxygen atoms in total. The Morgan fingerprint density at radius 3 is 2.62 bits per heavy atom. The van der Waals surface area contributed by atoms with Gasteiger partial charge < -0.3 is 4.98 Å². The lowest BCUT2D eigenvalue weighted by atomic mass is 10.2. The second kappa shape index (κ2) is 3.83. The van der Waals surface area contributed by atoms with Gasteiger partial charge in [-0.3, -0.25) is 4.79 Å². The number of halogens is 3. The molecule has 0 aliphatic heterocycles. The third-order valence-corrected chi connectivity index (χ3v) is 2.25. The highest BCUT2D eigenvalue weighted by Crippen LogP contribution is 2.20. The number of aromatic amines is 1. The van der Waals surface area contributed by atoms with Crippen molar-refractivity contribution in [3.8, 4) is 6.07 Å². The number of alkyl halides is 2. The van der Waals surface area contributed by atoms with Crippen LogP contribution in [0, 0.1) is 14.9 Å². The van der Waals surface area contributed by atoms with Gasteiger partial charge >= 0.3 is 0 Å². The van der Waals surface area contributed by atoms with Gasteiger partial charge in [-0.05, 0) is 28.7 Å². The predicted octanol–water partition coefficient (Wildman–Crippen LogP) is 1.79. The number of nitrogens with one attached hydrogen (secondary N) is 1. The molecule has 68 valence electrons. The number of pyridine rings is 1. The van der Waals surface area contributed by atoms with Gasteiger partial charge in [0.15, 0.2) is 0 Å². The summed E-state index contributed by atoms with van der Waals surface area (Å²) in [5, 5.41) is 8.41. The maximum atomic E-state index is 12.2. The summed E-state index contributed by atoms with van der Waals surface area (Å²) in [5.41, 5.74) is -1.50. The number of rotatable bonds is 1. The van der Waals surface area contributed by atoms with Gasteiger partial charge in [0, 0.05) is 3.57 Å². The van der Waals surface area contributed by atoms with Crippen molar-refractivity contribution in [2.75, 3.05) is 0 Å². The molecule has 0 saturated carbocycles. The highest BCUT2D eigenvalue weighted by molar-refractivity contribution is 14.1. The lowest BCUT2D eigenvalue weighted by Crippen LogP contribution is -2.16. The number of H-pyrrole nitrogens is 1. The van der Waals surface area contributed by atoms with Gasteiger partial charge in [0.1, 0.15) is 11.8 Å². The molecule has 0 unspecified atom stereocenters. The molecule has 0 radical (unpaired) electrons. The molecule has 0 bridgehead atoms. The largest absolute Gasteiger partial charge is 0.313 e. The molecule has 13 heavy (non-hydrogen) atoms. The summed E-state index contributed by atoms with van der Waals surface area (Å²) >= 11 is 1.60. The summed E-state index contributed by atoms with van der Waals surface area (Å²) < 4.78 is 24.5. The summed E-state index contributed by atoms with van der Waals surface area (Å²) in [6.07, 6.45) is -2.82. The van der Waals surface area contributed by atoms with Crippen LogP contribution in [0.5, 0.6) is 0 Å². The van der Waals surface area contributed by atoms with E-state index in [1.165, 1.54) is 6.07 Å². The molecular weight excluding hydrogens is 293 g/mol. The number of nitriles is 1.